The van der Waals surface area contributed by atoms with Crippen molar-refractivity contribution in [2.24, 2.45) is 11.7 Å². The van der Waals surface area contributed by atoms with Crippen LogP contribution >= 0.6 is 0 Å². The number of esters is 1. The monoisotopic (exact) mass is 786 g/mol. The first-order chi connectivity index (χ1) is 26.2. The lowest BCUT2D eigenvalue weighted by molar-refractivity contribution is -0.142. The minimum atomic E-state index is -1.74. The first kappa shape index (κ1) is 49.2. The number of aliphatic hydroxyl groups excluding tert-OH is 2. The van der Waals surface area contributed by atoms with E-state index in [0.29, 0.717) is 50.7 Å². The Hall–Kier alpha value is -3.79. The third kappa shape index (κ3) is 24.4. The summed E-state index contributed by atoms with van der Waals surface area (Å²) in [5.74, 6) is -3.40. The Balaban J connectivity index is 2.83. The van der Waals surface area contributed by atoms with Crippen LogP contribution in [0.5, 0.6) is 0 Å². The zero-order chi connectivity index (χ0) is 41.0. The minimum absolute atomic E-state index is 0.0374. The lowest BCUT2D eigenvalue weighted by Crippen LogP contribution is -2.58. The number of hydrogen-bond donors (Lipinski definition) is 9. The number of nitrogens with two attached hydrogens (primary N) is 1. The minimum Gasteiger partial charge on any atom is -0.461 e. The fourth-order valence-electron chi connectivity index (χ4n) is 4.79. The van der Waals surface area contributed by atoms with E-state index in [9.17, 15) is 39.3 Å². The van der Waals surface area contributed by atoms with Crippen molar-refractivity contribution in [2.45, 2.75) is 97.2 Å². The summed E-state index contributed by atoms with van der Waals surface area (Å²) in [6.07, 6.45) is -3.04. The molecule has 0 aliphatic heterocycles. The summed E-state index contributed by atoms with van der Waals surface area (Å²) >= 11 is 0. The van der Waals surface area contributed by atoms with Gasteiger partial charge in [0.1, 0.15) is 24.7 Å². The summed E-state index contributed by atoms with van der Waals surface area (Å²) in [5.41, 5.74) is 6.45. The third-order valence-corrected chi connectivity index (χ3v) is 7.73. The van der Waals surface area contributed by atoms with Crippen LogP contribution in [-0.4, -0.2) is 135 Å². The van der Waals surface area contributed by atoms with E-state index in [-0.39, 0.29) is 58.7 Å². The molecular weight excluding hydrogens is 724 g/mol. The number of carbonyl (C=O) groups is 5. The van der Waals surface area contributed by atoms with E-state index in [0.717, 1.165) is 0 Å². The normalized spacial score (nSPS) is 13.5. The second-order valence-electron chi connectivity index (χ2n) is 12.8. The topological polar surface area (TPSA) is 278 Å². The van der Waals surface area contributed by atoms with Gasteiger partial charge in [-0.2, -0.15) is 0 Å². The fraction of sp³-hybridized carbons (Fsp3) is 0.694. The van der Waals surface area contributed by atoms with Crippen LogP contribution in [0.4, 0.5) is 5.69 Å². The highest BCUT2D eigenvalue weighted by Gasteiger charge is 2.31. The molecule has 0 fully saturated rings. The van der Waals surface area contributed by atoms with Gasteiger partial charge in [-0.3, -0.25) is 35.0 Å². The molecule has 0 aliphatic rings. The summed E-state index contributed by atoms with van der Waals surface area (Å²) in [4.78, 5) is 64.3. The van der Waals surface area contributed by atoms with Crippen molar-refractivity contribution in [1.29, 1.82) is 0 Å². The Kier molecular flexibility index (Phi) is 26.4. The molecule has 4 amide bonds. The summed E-state index contributed by atoms with van der Waals surface area (Å²) < 4.78 is 26.4. The molecule has 1 aromatic rings. The average molecular weight is 787 g/mol. The third-order valence-electron chi connectivity index (χ3n) is 7.73. The maximum Gasteiger partial charge on any atom is 0.302 e. The Bertz CT molecular complexity index is 1250. The Labute approximate surface area is 322 Å². The maximum absolute atomic E-state index is 13.6. The van der Waals surface area contributed by atoms with Crippen molar-refractivity contribution in [3.05, 3.63) is 29.8 Å². The zero-order valence-corrected chi connectivity index (χ0v) is 32.4. The highest BCUT2D eigenvalue weighted by Crippen LogP contribution is 2.13. The highest BCUT2D eigenvalue weighted by molar-refractivity contribution is 5.99. The number of rotatable bonds is 31. The molecule has 4 atom stereocenters. The summed E-state index contributed by atoms with van der Waals surface area (Å²) in [6, 6.07) is 3.12. The van der Waals surface area contributed by atoms with Gasteiger partial charge in [0.25, 0.3) is 0 Å². The summed E-state index contributed by atoms with van der Waals surface area (Å²) in [5, 5.41) is 41.5. The number of carbonyl (C=O) groups excluding carboxylic acids is 5. The van der Waals surface area contributed by atoms with Crippen LogP contribution in [0.25, 0.3) is 0 Å². The molecule has 314 valence electrons. The molecular formula is C36H62N6O13. The van der Waals surface area contributed by atoms with Crippen LogP contribution in [0, 0.1) is 5.92 Å². The summed E-state index contributed by atoms with van der Waals surface area (Å²) in [7, 11) is 0. The number of aliphatic hydroxyl groups is 3. The predicted molar refractivity (Wildman–Crippen MR) is 200 cm³/mol. The van der Waals surface area contributed by atoms with Crippen LogP contribution in [0.15, 0.2) is 24.3 Å². The van der Waals surface area contributed by atoms with Crippen molar-refractivity contribution in [3.8, 4) is 0 Å². The van der Waals surface area contributed by atoms with E-state index in [2.05, 4.69) is 26.6 Å². The van der Waals surface area contributed by atoms with Crippen molar-refractivity contribution >= 4 is 35.3 Å². The number of hydrogen-bond acceptors (Lipinski definition) is 15. The summed E-state index contributed by atoms with van der Waals surface area (Å²) in [6.45, 7) is 9.82. The van der Waals surface area contributed by atoms with Crippen molar-refractivity contribution < 1.29 is 63.0 Å². The molecule has 0 spiro atoms. The number of anilines is 1. The first-order valence-electron chi connectivity index (χ1n) is 18.5. The quantitative estimate of drug-likeness (QED) is 0.0247. The van der Waals surface area contributed by atoms with Crippen LogP contribution in [0.3, 0.4) is 0 Å². The Morgan fingerprint density at radius 2 is 1.31 bits per heavy atom. The Morgan fingerprint density at radius 1 is 0.727 bits per heavy atom. The van der Waals surface area contributed by atoms with E-state index in [4.69, 9.17) is 29.4 Å². The van der Waals surface area contributed by atoms with Gasteiger partial charge in [-0.05, 0) is 56.3 Å². The van der Waals surface area contributed by atoms with Crippen molar-refractivity contribution in [2.75, 3.05) is 64.7 Å². The molecule has 19 nitrogen and oxygen atoms in total. The number of ether oxygens (including phenoxy) is 5. The lowest BCUT2D eigenvalue weighted by Gasteiger charge is -2.27. The van der Waals surface area contributed by atoms with Crippen molar-refractivity contribution in [3.63, 3.8) is 0 Å². The van der Waals surface area contributed by atoms with Gasteiger partial charge in [-0.1, -0.05) is 26.0 Å². The largest absolute Gasteiger partial charge is 0.461 e. The van der Waals surface area contributed by atoms with Crippen molar-refractivity contribution in [1.82, 2.24) is 21.3 Å². The molecule has 0 saturated heterocycles. The molecule has 1 rings (SSSR count). The Morgan fingerprint density at radius 3 is 1.85 bits per heavy atom. The molecule has 1 unspecified atom stereocenters. The molecule has 0 saturated carbocycles. The molecule has 0 aromatic heterocycles. The molecule has 0 aliphatic carbocycles. The van der Waals surface area contributed by atoms with Gasteiger partial charge in [0.05, 0.1) is 46.2 Å². The van der Waals surface area contributed by atoms with Crippen LogP contribution in [0.1, 0.15) is 65.4 Å². The molecule has 0 radical (unpaired) electrons. The van der Waals surface area contributed by atoms with Gasteiger partial charge in [0, 0.05) is 32.1 Å². The standard InChI is InChI=1S/C36H62N6O13/c1-5-51-17-18-53-21-22-54-20-19-52-16-14-30(44)40-29(12-13-31(45)46)34(48)42-32(24(2)3)35(49)41-28(7-6-15-38-36(37)50)33(47)39-27-10-8-26(9-11-27)23-55-25(4)43/h8-11,24,28-29,31-32,36,38,45-46,50H,5-7,12-23,37H2,1-4H3,(H,39,47)(H,40,44)(H,41,49)(H,42,48)/t28-,29-,32-,36?/m0/s1. The van der Waals surface area contributed by atoms with E-state index in [1.54, 1.807) is 38.1 Å². The van der Waals surface area contributed by atoms with Gasteiger partial charge in [-0.15, -0.1) is 0 Å². The molecule has 0 heterocycles. The fourth-order valence-corrected chi connectivity index (χ4v) is 4.79. The first-order valence-corrected chi connectivity index (χ1v) is 18.5. The molecule has 0 bridgehead atoms. The van der Waals surface area contributed by atoms with E-state index < -0.39 is 66.3 Å². The number of amides is 4. The molecule has 19 heteroatoms. The van der Waals surface area contributed by atoms with Crippen LogP contribution in [-0.2, 0) is 54.3 Å². The van der Waals surface area contributed by atoms with Gasteiger partial charge < -0.3 is 60.3 Å². The molecule has 1 aromatic carbocycles. The van der Waals surface area contributed by atoms with E-state index >= 15 is 0 Å². The predicted octanol–water partition coefficient (Wildman–Crippen LogP) is -1.03. The van der Waals surface area contributed by atoms with Crippen LogP contribution in [0.2, 0.25) is 0 Å². The van der Waals surface area contributed by atoms with Gasteiger partial charge in [0.15, 0.2) is 12.6 Å². The second-order valence-corrected chi connectivity index (χ2v) is 12.8. The highest BCUT2D eigenvalue weighted by atomic mass is 16.6. The smallest absolute Gasteiger partial charge is 0.302 e. The second kappa shape index (κ2) is 29.5. The van der Waals surface area contributed by atoms with Crippen LogP contribution < -0.4 is 32.3 Å². The van der Waals surface area contributed by atoms with Gasteiger partial charge >= 0.3 is 5.97 Å². The van der Waals surface area contributed by atoms with E-state index in [1.807, 2.05) is 6.92 Å². The molecule has 55 heavy (non-hydrogen) atoms. The lowest BCUT2D eigenvalue weighted by atomic mass is 10.0. The SMILES string of the molecule is CCOCCOCCOCCOCCC(=O)N[C@@H](CCC(O)O)C(=O)N[C@H](C(=O)N[C@@H](CCCNC(N)O)C(=O)Nc1ccc(COC(C)=O)cc1)C(C)C. The zero-order valence-electron chi connectivity index (χ0n) is 32.4. The van der Waals surface area contributed by atoms with E-state index in [1.165, 1.54) is 6.92 Å². The van der Waals surface area contributed by atoms with Gasteiger partial charge in [-0.25, -0.2) is 0 Å². The van der Waals surface area contributed by atoms with Gasteiger partial charge in [0.2, 0.25) is 23.6 Å². The number of benzene rings is 1. The molecule has 10 N–H and O–H groups in total. The maximum atomic E-state index is 13.6. The average Bonchev–Trinajstić information content (AvgIpc) is 3.13. The number of nitrogens with one attached hydrogen (secondary N) is 5.